The number of hydrogen-bond acceptors (Lipinski definition) is 4. The van der Waals surface area contributed by atoms with Crippen molar-refractivity contribution in [1.29, 1.82) is 0 Å². The molecule has 17 heavy (non-hydrogen) atoms. The van der Waals surface area contributed by atoms with Gasteiger partial charge in [0.25, 0.3) is 0 Å². The van der Waals surface area contributed by atoms with Gasteiger partial charge >= 0.3 is 0 Å². The molecule has 0 saturated carbocycles. The van der Waals surface area contributed by atoms with Crippen molar-refractivity contribution < 1.29 is 13.2 Å². The van der Waals surface area contributed by atoms with Crippen LogP contribution >= 0.6 is 0 Å². The summed E-state index contributed by atoms with van der Waals surface area (Å²) in [4.78, 5) is 3.86. The Labute approximate surface area is 102 Å². The molecule has 0 saturated heterocycles. The van der Waals surface area contributed by atoms with Gasteiger partial charge in [0.05, 0.1) is 18.5 Å². The van der Waals surface area contributed by atoms with Crippen LogP contribution in [-0.4, -0.2) is 31.9 Å². The molecule has 0 bridgehead atoms. The molecule has 0 aliphatic rings. The highest BCUT2D eigenvalue weighted by Crippen LogP contribution is 1.97. The minimum Gasteiger partial charge on any atom is -0.378 e. The highest BCUT2D eigenvalue weighted by Gasteiger charge is 2.10. The highest BCUT2D eigenvalue weighted by molar-refractivity contribution is 7.89. The molecule has 0 aliphatic heterocycles. The van der Waals surface area contributed by atoms with E-state index in [0.29, 0.717) is 0 Å². The van der Waals surface area contributed by atoms with Crippen molar-refractivity contribution in [3.05, 3.63) is 30.1 Å². The maximum atomic E-state index is 11.6. The first-order chi connectivity index (χ1) is 7.99. The average molecular weight is 258 g/mol. The Kier molecular flexibility index (Phi) is 5.54. The van der Waals surface area contributed by atoms with Crippen molar-refractivity contribution in [1.82, 2.24) is 9.71 Å². The molecule has 1 heterocycles. The Morgan fingerprint density at radius 1 is 1.35 bits per heavy atom. The van der Waals surface area contributed by atoms with Crippen molar-refractivity contribution in [3.63, 3.8) is 0 Å². The lowest BCUT2D eigenvalue weighted by molar-refractivity contribution is 0.0911. The molecule has 1 rings (SSSR count). The van der Waals surface area contributed by atoms with Gasteiger partial charge in [-0.3, -0.25) is 4.98 Å². The number of nitrogens with one attached hydrogen (secondary N) is 1. The smallest absolute Gasteiger partial charge is 0.214 e. The molecule has 5 nitrogen and oxygen atoms in total. The summed E-state index contributed by atoms with van der Waals surface area (Å²) in [7, 11) is -3.27. The Balaban J connectivity index is 2.35. The first-order valence-corrected chi connectivity index (χ1v) is 7.12. The van der Waals surface area contributed by atoms with Crippen LogP contribution in [0.15, 0.2) is 24.5 Å². The Morgan fingerprint density at radius 2 is 2.00 bits per heavy atom. The molecule has 0 atom stereocenters. The topological polar surface area (TPSA) is 68.3 Å². The zero-order chi connectivity index (χ0) is 12.7. The molecule has 1 aromatic heterocycles. The van der Waals surface area contributed by atoms with Crippen molar-refractivity contribution in [2.75, 3.05) is 12.4 Å². The number of rotatable bonds is 7. The summed E-state index contributed by atoms with van der Waals surface area (Å²) < 4.78 is 30.9. The number of pyridine rings is 1. The summed E-state index contributed by atoms with van der Waals surface area (Å²) in [6, 6.07) is 3.54. The van der Waals surface area contributed by atoms with Gasteiger partial charge in [0.15, 0.2) is 0 Å². The minimum absolute atomic E-state index is 0.0176. The molecule has 1 N–H and O–H groups in total. The largest absolute Gasteiger partial charge is 0.378 e. The average Bonchev–Trinajstić information content (AvgIpc) is 2.27. The summed E-state index contributed by atoms with van der Waals surface area (Å²) in [6.07, 6.45) is 3.31. The van der Waals surface area contributed by atoms with E-state index in [1.54, 1.807) is 24.5 Å². The molecule has 0 fully saturated rings. The fourth-order valence-electron chi connectivity index (χ4n) is 1.16. The lowest BCUT2D eigenvalue weighted by Gasteiger charge is -2.09. The van der Waals surface area contributed by atoms with Crippen LogP contribution in [0.5, 0.6) is 0 Å². The summed E-state index contributed by atoms with van der Waals surface area (Å²) in [5, 5.41) is 0. The van der Waals surface area contributed by atoms with E-state index in [-0.39, 0.29) is 25.0 Å². The molecular weight excluding hydrogens is 240 g/mol. The molecule has 0 aromatic carbocycles. The van der Waals surface area contributed by atoms with Gasteiger partial charge in [-0.05, 0) is 31.5 Å². The molecule has 1 aromatic rings. The van der Waals surface area contributed by atoms with Gasteiger partial charge in [-0.1, -0.05) is 0 Å². The van der Waals surface area contributed by atoms with Crippen molar-refractivity contribution >= 4 is 10.0 Å². The van der Waals surface area contributed by atoms with Crippen LogP contribution in [0.1, 0.15) is 19.4 Å². The molecule has 0 radical (unpaired) electrons. The molecule has 0 unspecified atom stereocenters. The maximum absolute atomic E-state index is 11.6. The van der Waals surface area contributed by atoms with E-state index in [9.17, 15) is 8.42 Å². The second-order valence-corrected chi connectivity index (χ2v) is 5.84. The van der Waals surface area contributed by atoms with Crippen LogP contribution in [0.4, 0.5) is 0 Å². The van der Waals surface area contributed by atoms with E-state index in [4.69, 9.17) is 4.74 Å². The summed E-state index contributed by atoms with van der Waals surface area (Å²) in [5.41, 5.74) is 0.883. The van der Waals surface area contributed by atoms with Gasteiger partial charge in [0, 0.05) is 18.9 Å². The van der Waals surface area contributed by atoms with Crippen LogP contribution < -0.4 is 4.72 Å². The molecule has 0 aliphatic carbocycles. The standard InChI is InChI=1S/C11H18N2O3S/c1-10(2)16-7-8-17(14,15)13-9-11-3-5-12-6-4-11/h3-6,10,13H,7-9H2,1-2H3. The van der Waals surface area contributed by atoms with Crippen LogP contribution in [0.2, 0.25) is 0 Å². The van der Waals surface area contributed by atoms with E-state index >= 15 is 0 Å². The summed E-state index contributed by atoms with van der Waals surface area (Å²) in [6.45, 7) is 4.24. The van der Waals surface area contributed by atoms with E-state index in [1.165, 1.54) is 0 Å². The van der Waals surface area contributed by atoms with Crippen LogP contribution in [-0.2, 0) is 21.3 Å². The number of hydrogen-bond donors (Lipinski definition) is 1. The Morgan fingerprint density at radius 3 is 2.59 bits per heavy atom. The SMILES string of the molecule is CC(C)OCCS(=O)(=O)NCc1ccncc1. The van der Waals surface area contributed by atoms with Gasteiger partial charge in [0.1, 0.15) is 0 Å². The first kappa shape index (κ1) is 14.1. The van der Waals surface area contributed by atoms with Gasteiger partial charge in [-0.15, -0.1) is 0 Å². The summed E-state index contributed by atoms with van der Waals surface area (Å²) >= 11 is 0. The highest BCUT2D eigenvalue weighted by atomic mass is 32.2. The fraction of sp³-hybridized carbons (Fsp3) is 0.545. The minimum atomic E-state index is -3.27. The van der Waals surface area contributed by atoms with E-state index in [2.05, 4.69) is 9.71 Å². The molecule has 0 spiro atoms. The zero-order valence-electron chi connectivity index (χ0n) is 10.1. The molecule has 0 amide bonds. The fourth-order valence-corrected chi connectivity index (χ4v) is 2.01. The van der Waals surface area contributed by atoms with Gasteiger partial charge in [-0.2, -0.15) is 0 Å². The zero-order valence-corrected chi connectivity index (χ0v) is 10.9. The number of sulfonamides is 1. The first-order valence-electron chi connectivity index (χ1n) is 5.47. The lowest BCUT2D eigenvalue weighted by Crippen LogP contribution is -2.28. The predicted octanol–water partition coefficient (Wildman–Crippen LogP) is 0.926. The third-order valence-corrected chi connectivity index (χ3v) is 3.34. The third kappa shape index (κ3) is 6.35. The van der Waals surface area contributed by atoms with E-state index in [1.807, 2.05) is 13.8 Å². The lowest BCUT2D eigenvalue weighted by atomic mass is 10.3. The van der Waals surface area contributed by atoms with Gasteiger partial charge in [-0.25, -0.2) is 13.1 Å². The number of aromatic nitrogens is 1. The van der Waals surface area contributed by atoms with Crippen molar-refractivity contribution in [2.45, 2.75) is 26.5 Å². The van der Waals surface area contributed by atoms with E-state index in [0.717, 1.165) is 5.56 Å². The van der Waals surface area contributed by atoms with Gasteiger partial charge in [0.2, 0.25) is 10.0 Å². The van der Waals surface area contributed by atoms with Crippen LogP contribution in [0, 0.1) is 0 Å². The number of nitrogens with zero attached hydrogens (tertiary/aromatic N) is 1. The Bertz CT molecular complexity index is 418. The third-order valence-electron chi connectivity index (χ3n) is 2.05. The second-order valence-electron chi connectivity index (χ2n) is 3.91. The Hall–Kier alpha value is -0.980. The second kappa shape index (κ2) is 6.68. The van der Waals surface area contributed by atoms with Crippen LogP contribution in [0.25, 0.3) is 0 Å². The summed E-state index contributed by atoms with van der Waals surface area (Å²) in [5.74, 6) is -0.0176. The normalized spacial score (nSPS) is 11.9. The quantitative estimate of drug-likeness (QED) is 0.790. The van der Waals surface area contributed by atoms with E-state index < -0.39 is 10.0 Å². The van der Waals surface area contributed by atoms with Crippen molar-refractivity contribution in [3.8, 4) is 0 Å². The molecule has 6 heteroatoms. The van der Waals surface area contributed by atoms with Crippen LogP contribution in [0.3, 0.4) is 0 Å². The predicted molar refractivity (Wildman–Crippen MR) is 66.0 cm³/mol. The monoisotopic (exact) mass is 258 g/mol. The molecular formula is C11H18N2O3S. The number of ether oxygens (including phenoxy) is 1. The van der Waals surface area contributed by atoms with Crippen molar-refractivity contribution in [2.24, 2.45) is 0 Å². The van der Waals surface area contributed by atoms with Gasteiger partial charge < -0.3 is 4.74 Å². The molecule has 96 valence electrons. The maximum Gasteiger partial charge on any atom is 0.214 e.